The summed E-state index contributed by atoms with van der Waals surface area (Å²) in [5.74, 6) is 1.07. The zero-order valence-electron chi connectivity index (χ0n) is 11.3. The summed E-state index contributed by atoms with van der Waals surface area (Å²) in [5.41, 5.74) is 10.5. The van der Waals surface area contributed by atoms with Crippen LogP contribution < -0.4 is 10.5 Å². The molecule has 20 heavy (non-hydrogen) atoms. The number of benzene rings is 2. The van der Waals surface area contributed by atoms with Gasteiger partial charge in [-0.25, -0.2) is 4.39 Å². The van der Waals surface area contributed by atoms with Gasteiger partial charge >= 0.3 is 0 Å². The Morgan fingerprint density at radius 2 is 1.90 bits per heavy atom. The molecular weight excluding hydrogens is 253 g/mol. The summed E-state index contributed by atoms with van der Waals surface area (Å²) in [4.78, 5) is 0. The lowest BCUT2D eigenvalue weighted by Gasteiger charge is -2.14. The van der Waals surface area contributed by atoms with Crippen LogP contribution in [0.1, 0.15) is 17.5 Å². The Morgan fingerprint density at radius 3 is 2.55 bits per heavy atom. The minimum Gasteiger partial charge on any atom is -0.497 e. The topological polar surface area (TPSA) is 35.2 Å². The minimum atomic E-state index is -0.175. The van der Waals surface area contributed by atoms with Crippen LogP contribution in [0.15, 0.2) is 36.4 Å². The Balaban J connectivity index is 2.00. The lowest BCUT2D eigenvalue weighted by atomic mass is 9.90. The maximum absolute atomic E-state index is 13.7. The highest BCUT2D eigenvalue weighted by Crippen LogP contribution is 2.66. The molecule has 0 aliphatic heterocycles. The van der Waals surface area contributed by atoms with Crippen LogP contribution in [-0.4, -0.2) is 13.7 Å². The highest BCUT2D eigenvalue weighted by atomic mass is 19.1. The number of rotatable bonds is 2. The first-order valence-corrected chi connectivity index (χ1v) is 6.89. The van der Waals surface area contributed by atoms with Gasteiger partial charge in [0.25, 0.3) is 0 Å². The second kappa shape index (κ2) is 3.83. The molecule has 2 nitrogen and oxygen atoms in total. The summed E-state index contributed by atoms with van der Waals surface area (Å²) in [6.45, 7) is 0.632. The van der Waals surface area contributed by atoms with Crippen LogP contribution in [0.3, 0.4) is 0 Å². The summed E-state index contributed by atoms with van der Waals surface area (Å²) in [5, 5.41) is 0. The van der Waals surface area contributed by atoms with Gasteiger partial charge in [-0.1, -0.05) is 12.1 Å². The average molecular weight is 269 g/mol. The summed E-state index contributed by atoms with van der Waals surface area (Å²) in [6, 6.07) is 11.2. The summed E-state index contributed by atoms with van der Waals surface area (Å²) < 4.78 is 19.0. The third-order valence-corrected chi connectivity index (χ3v) is 4.85. The van der Waals surface area contributed by atoms with Crippen molar-refractivity contribution in [1.82, 2.24) is 0 Å². The van der Waals surface area contributed by atoms with Gasteiger partial charge in [-0.2, -0.15) is 0 Å². The zero-order valence-corrected chi connectivity index (χ0v) is 11.3. The molecule has 0 bridgehead atoms. The van der Waals surface area contributed by atoms with Crippen molar-refractivity contribution in [1.29, 1.82) is 0 Å². The molecule has 0 amide bonds. The molecule has 3 heteroatoms. The Hall–Kier alpha value is -1.87. The molecule has 2 aliphatic rings. The summed E-state index contributed by atoms with van der Waals surface area (Å²) >= 11 is 0. The van der Waals surface area contributed by atoms with E-state index in [1.807, 2.05) is 12.1 Å². The van der Waals surface area contributed by atoms with E-state index < -0.39 is 0 Å². The summed E-state index contributed by atoms with van der Waals surface area (Å²) in [6.07, 6.45) is 1.00. The van der Waals surface area contributed by atoms with Crippen LogP contribution in [-0.2, 0) is 5.41 Å². The first-order chi connectivity index (χ1) is 9.70. The number of hydrogen-bond acceptors (Lipinski definition) is 2. The predicted molar refractivity (Wildman–Crippen MR) is 76.3 cm³/mol. The van der Waals surface area contributed by atoms with E-state index in [1.54, 1.807) is 13.2 Å². The van der Waals surface area contributed by atoms with Crippen LogP contribution in [0.5, 0.6) is 5.75 Å². The average Bonchev–Trinajstić information content (AvgIpc) is 3.16. The lowest BCUT2D eigenvalue weighted by molar-refractivity contribution is 0.414. The van der Waals surface area contributed by atoms with Crippen molar-refractivity contribution in [3.8, 4) is 16.9 Å². The maximum Gasteiger partial charge on any atom is 0.123 e. The van der Waals surface area contributed by atoms with E-state index >= 15 is 0 Å². The summed E-state index contributed by atoms with van der Waals surface area (Å²) in [7, 11) is 1.67. The quantitative estimate of drug-likeness (QED) is 0.909. The van der Waals surface area contributed by atoms with Crippen molar-refractivity contribution >= 4 is 0 Å². The molecule has 2 aromatic carbocycles. The van der Waals surface area contributed by atoms with Crippen molar-refractivity contribution < 1.29 is 9.13 Å². The van der Waals surface area contributed by atoms with Gasteiger partial charge in [0.2, 0.25) is 0 Å². The molecule has 0 radical (unpaired) electrons. The van der Waals surface area contributed by atoms with Gasteiger partial charge in [-0.15, -0.1) is 0 Å². The lowest BCUT2D eigenvalue weighted by Crippen LogP contribution is -2.14. The van der Waals surface area contributed by atoms with E-state index in [2.05, 4.69) is 12.1 Å². The van der Waals surface area contributed by atoms with Crippen LogP contribution >= 0.6 is 0 Å². The molecule has 1 fully saturated rings. The third kappa shape index (κ3) is 1.31. The van der Waals surface area contributed by atoms with Crippen molar-refractivity contribution in [2.45, 2.75) is 11.8 Å². The Kier molecular flexibility index (Phi) is 2.28. The molecule has 1 spiro atoms. The van der Waals surface area contributed by atoms with E-state index in [9.17, 15) is 4.39 Å². The van der Waals surface area contributed by atoms with Gasteiger partial charge in [0.1, 0.15) is 11.6 Å². The minimum absolute atomic E-state index is 0.0872. The predicted octanol–water partition coefficient (Wildman–Crippen LogP) is 3.08. The standard InChI is InChI=1S/C17H16FNO/c1-20-12-3-5-14-13-4-2-11(18)6-15(13)17(16(14)7-12)8-10(17)9-19/h2-7,10H,8-9,19H2,1H3. The van der Waals surface area contributed by atoms with Crippen LogP contribution in [0.2, 0.25) is 0 Å². The maximum atomic E-state index is 13.7. The van der Waals surface area contributed by atoms with Gasteiger partial charge in [0.05, 0.1) is 7.11 Å². The van der Waals surface area contributed by atoms with E-state index in [4.69, 9.17) is 10.5 Å². The Labute approximate surface area is 117 Å². The second-order valence-electron chi connectivity index (χ2n) is 5.71. The highest BCUT2D eigenvalue weighted by Gasteiger charge is 2.60. The molecule has 1 saturated carbocycles. The molecule has 2 atom stereocenters. The smallest absolute Gasteiger partial charge is 0.123 e. The van der Waals surface area contributed by atoms with Crippen molar-refractivity contribution in [2.75, 3.05) is 13.7 Å². The normalized spacial score (nSPS) is 25.4. The fourth-order valence-corrected chi connectivity index (χ4v) is 3.79. The molecule has 0 aromatic heterocycles. The van der Waals surface area contributed by atoms with Gasteiger partial charge in [0, 0.05) is 5.41 Å². The molecule has 2 N–H and O–H groups in total. The first-order valence-electron chi connectivity index (χ1n) is 6.89. The SMILES string of the molecule is COc1ccc2c(c1)C1(CC1CN)c1cc(F)ccc1-2. The fourth-order valence-electron chi connectivity index (χ4n) is 3.79. The molecule has 2 aromatic rings. The van der Waals surface area contributed by atoms with Gasteiger partial charge in [0.15, 0.2) is 0 Å². The van der Waals surface area contributed by atoms with Crippen LogP contribution in [0.25, 0.3) is 11.1 Å². The number of fused-ring (bicyclic) bond motifs is 5. The van der Waals surface area contributed by atoms with Gasteiger partial charge in [-0.05, 0) is 65.4 Å². The van der Waals surface area contributed by atoms with Crippen LogP contribution in [0, 0.1) is 11.7 Å². The van der Waals surface area contributed by atoms with Crippen LogP contribution in [0.4, 0.5) is 4.39 Å². The van der Waals surface area contributed by atoms with Crippen molar-refractivity contribution in [2.24, 2.45) is 11.7 Å². The second-order valence-corrected chi connectivity index (χ2v) is 5.71. The van der Waals surface area contributed by atoms with E-state index in [-0.39, 0.29) is 11.2 Å². The molecule has 2 aliphatic carbocycles. The van der Waals surface area contributed by atoms with Gasteiger partial charge < -0.3 is 10.5 Å². The molecule has 4 rings (SSSR count). The zero-order chi connectivity index (χ0) is 13.9. The van der Waals surface area contributed by atoms with E-state index in [0.717, 1.165) is 23.3 Å². The largest absolute Gasteiger partial charge is 0.497 e. The Morgan fingerprint density at radius 1 is 1.20 bits per heavy atom. The number of methoxy groups -OCH3 is 1. The third-order valence-electron chi connectivity index (χ3n) is 4.85. The molecular formula is C17H16FNO. The molecule has 2 unspecified atom stereocenters. The monoisotopic (exact) mass is 269 g/mol. The Bertz CT molecular complexity index is 712. The number of ether oxygens (including phenoxy) is 1. The van der Waals surface area contributed by atoms with Crippen molar-refractivity contribution in [3.63, 3.8) is 0 Å². The fraction of sp³-hybridized carbons (Fsp3) is 0.294. The van der Waals surface area contributed by atoms with E-state index in [1.165, 1.54) is 17.2 Å². The van der Waals surface area contributed by atoms with E-state index in [0.29, 0.717) is 12.5 Å². The van der Waals surface area contributed by atoms with Crippen molar-refractivity contribution in [3.05, 3.63) is 53.3 Å². The molecule has 0 saturated heterocycles. The van der Waals surface area contributed by atoms with Gasteiger partial charge in [-0.3, -0.25) is 0 Å². The number of halogens is 1. The first kappa shape index (κ1) is 11.9. The number of nitrogens with two attached hydrogens (primary N) is 1. The molecule has 0 heterocycles. The number of hydrogen-bond donors (Lipinski definition) is 1. The molecule has 102 valence electrons. The highest BCUT2D eigenvalue weighted by molar-refractivity contribution is 5.83.